The number of carbonyl (C=O) groups is 2. The van der Waals surface area contributed by atoms with E-state index in [0.29, 0.717) is 24.3 Å². The van der Waals surface area contributed by atoms with Crippen LogP contribution in [0.4, 0.5) is 11.4 Å². The van der Waals surface area contributed by atoms with Crippen molar-refractivity contribution < 1.29 is 9.59 Å². The van der Waals surface area contributed by atoms with Gasteiger partial charge in [-0.15, -0.1) is 0 Å². The summed E-state index contributed by atoms with van der Waals surface area (Å²) in [6.45, 7) is 0.678. The first-order chi connectivity index (χ1) is 11.7. The number of carbonyl (C=O) groups excluding carboxylic acids is 2. The molecule has 2 N–H and O–H groups in total. The highest BCUT2D eigenvalue weighted by Gasteiger charge is 2.24. The van der Waals surface area contributed by atoms with Gasteiger partial charge in [0.15, 0.2) is 5.69 Å². The molecule has 2 heterocycles. The van der Waals surface area contributed by atoms with Crippen LogP contribution < -0.4 is 10.2 Å². The summed E-state index contributed by atoms with van der Waals surface area (Å²) in [7, 11) is 0. The standard InChI is InChI=1S/C18H16N4O2/c23-16-10-5-11-22(16)15-9-4-3-8-14(15)19-18(24)17-12-6-1-2-7-13(12)20-21-17/h1-4,6-9H,5,10-11H2,(H,19,24)(H,20,21). The number of H-pyrrole nitrogens is 1. The largest absolute Gasteiger partial charge is 0.319 e. The lowest BCUT2D eigenvalue weighted by molar-refractivity contribution is -0.117. The van der Waals surface area contributed by atoms with E-state index in [1.165, 1.54) is 0 Å². The number of fused-ring (bicyclic) bond motifs is 1. The molecule has 2 amide bonds. The molecule has 120 valence electrons. The van der Waals surface area contributed by atoms with Crippen LogP contribution in [-0.4, -0.2) is 28.6 Å². The van der Waals surface area contributed by atoms with Crippen LogP contribution in [0.5, 0.6) is 0 Å². The number of nitrogens with one attached hydrogen (secondary N) is 2. The summed E-state index contributed by atoms with van der Waals surface area (Å²) in [5.41, 5.74) is 2.50. The lowest BCUT2D eigenvalue weighted by Gasteiger charge is -2.19. The summed E-state index contributed by atoms with van der Waals surface area (Å²) in [5.74, 6) is -0.214. The van der Waals surface area contributed by atoms with E-state index in [0.717, 1.165) is 23.0 Å². The number of nitrogens with zero attached hydrogens (tertiary/aromatic N) is 2. The Morgan fingerprint density at radius 2 is 1.92 bits per heavy atom. The van der Waals surface area contributed by atoms with E-state index >= 15 is 0 Å². The number of para-hydroxylation sites is 3. The second-order valence-corrected chi connectivity index (χ2v) is 5.74. The van der Waals surface area contributed by atoms with E-state index in [1.54, 1.807) is 11.0 Å². The van der Waals surface area contributed by atoms with Gasteiger partial charge in [0.2, 0.25) is 5.91 Å². The highest BCUT2D eigenvalue weighted by molar-refractivity contribution is 6.12. The van der Waals surface area contributed by atoms with Crippen molar-refractivity contribution in [2.75, 3.05) is 16.8 Å². The molecule has 0 radical (unpaired) electrons. The van der Waals surface area contributed by atoms with Crippen LogP contribution in [0.1, 0.15) is 23.3 Å². The van der Waals surface area contributed by atoms with E-state index in [9.17, 15) is 9.59 Å². The highest BCUT2D eigenvalue weighted by atomic mass is 16.2. The van der Waals surface area contributed by atoms with Crippen LogP contribution in [0.25, 0.3) is 10.9 Å². The molecule has 0 atom stereocenters. The van der Waals surface area contributed by atoms with Crippen LogP contribution in [0.2, 0.25) is 0 Å². The van der Waals surface area contributed by atoms with Crippen molar-refractivity contribution in [2.24, 2.45) is 0 Å². The van der Waals surface area contributed by atoms with Gasteiger partial charge in [-0.25, -0.2) is 0 Å². The molecule has 0 aliphatic carbocycles. The lowest BCUT2D eigenvalue weighted by Crippen LogP contribution is -2.25. The smallest absolute Gasteiger partial charge is 0.276 e. The zero-order valence-electron chi connectivity index (χ0n) is 13.0. The van der Waals surface area contributed by atoms with Gasteiger partial charge in [-0.3, -0.25) is 14.7 Å². The predicted molar refractivity (Wildman–Crippen MR) is 92.1 cm³/mol. The number of aromatic nitrogens is 2. The fourth-order valence-electron chi connectivity index (χ4n) is 3.04. The fraction of sp³-hybridized carbons (Fsp3) is 0.167. The van der Waals surface area contributed by atoms with Crippen molar-refractivity contribution >= 4 is 34.1 Å². The van der Waals surface area contributed by atoms with Crippen LogP contribution >= 0.6 is 0 Å². The lowest BCUT2D eigenvalue weighted by atomic mass is 10.2. The van der Waals surface area contributed by atoms with E-state index in [2.05, 4.69) is 15.5 Å². The van der Waals surface area contributed by atoms with E-state index in [4.69, 9.17) is 0 Å². The summed E-state index contributed by atoms with van der Waals surface area (Å²) in [4.78, 5) is 26.4. The molecule has 1 saturated heterocycles. The minimum absolute atomic E-state index is 0.0851. The van der Waals surface area contributed by atoms with Gasteiger partial charge in [0.05, 0.1) is 16.9 Å². The number of hydrogen-bond acceptors (Lipinski definition) is 3. The van der Waals surface area contributed by atoms with Crippen LogP contribution in [0.3, 0.4) is 0 Å². The third kappa shape index (κ3) is 2.42. The van der Waals surface area contributed by atoms with E-state index in [1.807, 2.05) is 42.5 Å². The molecule has 0 saturated carbocycles. The first kappa shape index (κ1) is 14.4. The summed E-state index contributed by atoms with van der Waals surface area (Å²) in [6, 6.07) is 14.8. The Morgan fingerprint density at radius 1 is 1.12 bits per heavy atom. The highest BCUT2D eigenvalue weighted by Crippen LogP contribution is 2.30. The van der Waals surface area contributed by atoms with Gasteiger partial charge in [-0.2, -0.15) is 5.10 Å². The molecule has 1 aromatic heterocycles. The van der Waals surface area contributed by atoms with Gasteiger partial charge >= 0.3 is 0 Å². The van der Waals surface area contributed by atoms with Gasteiger partial charge in [-0.05, 0) is 24.6 Å². The molecular formula is C18H16N4O2. The first-order valence-corrected chi connectivity index (χ1v) is 7.88. The first-order valence-electron chi connectivity index (χ1n) is 7.88. The normalized spacial score (nSPS) is 14.3. The molecule has 4 rings (SSSR count). The Labute approximate surface area is 138 Å². The summed E-state index contributed by atoms with van der Waals surface area (Å²) in [5, 5.41) is 10.6. The molecule has 0 unspecified atom stereocenters. The molecule has 24 heavy (non-hydrogen) atoms. The number of rotatable bonds is 3. The minimum atomic E-state index is -0.299. The Morgan fingerprint density at radius 3 is 2.75 bits per heavy atom. The van der Waals surface area contributed by atoms with Crippen molar-refractivity contribution in [1.82, 2.24) is 10.2 Å². The Bertz CT molecular complexity index is 931. The van der Waals surface area contributed by atoms with Crippen LogP contribution in [0, 0.1) is 0 Å². The number of aromatic amines is 1. The second kappa shape index (κ2) is 5.81. The molecular weight excluding hydrogens is 304 g/mol. The van der Waals surface area contributed by atoms with Gasteiger partial charge < -0.3 is 10.2 Å². The molecule has 1 aliphatic rings. The Balaban J connectivity index is 1.66. The summed E-state index contributed by atoms with van der Waals surface area (Å²) < 4.78 is 0. The van der Waals surface area contributed by atoms with Gasteiger partial charge in [-0.1, -0.05) is 30.3 Å². The average molecular weight is 320 g/mol. The topological polar surface area (TPSA) is 78.1 Å². The van der Waals surface area contributed by atoms with Crippen molar-refractivity contribution in [3.8, 4) is 0 Å². The number of benzene rings is 2. The third-order valence-electron chi connectivity index (χ3n) is 4.20. The Hall–Kier alpha value is -3.15. The maximum atomic E-state index is 12.6. The van der Waals surface area contributed by atoms with Crippen molar-refractivity contribution in [2.45, 2.75) is 12.8 Å². The molecule has 1 aliphatic heterocycles. The third-order valence-corrected chi connectivity index (χ3v) is 4.20. The number of anilines is 2. The quantitative estimate of drug-likeness (QED) is 0.779. The maximum absolute atomic E-state index is 12.6. The summed E-state index contributed by atoms with van der Waals surface area (Å²) in [6.07, 6.45) is 1.39. The Kier molecular flexibility index (Phi) is 3.49. The molecule has 0 bridgehead atoms. The SMILES string of the molecule is O=C(Nc1ccccc1N1CCCC1=O)c1n[nH]c2ccccc12. The van der Waals surface area contributed by atoms with Gasteiger partial charge in [0, 0.05) is 18.4 Å². The summed E-state index contributed by atoms with van der Waals surface area (Å²) >= 11 is 0. The van der Waals surface area contributed by atoms with E-state index < -0.39 is 0 Å². The van der Waals surface area contributed by atoms with E-state index in [-0.39, 0.29) is 11.8 Å². The average Bonchev–Trinajstić information content (AvgIpc) is 3.21. The molecule has 6 nitrogen and oxygen atoms in total. The van der Waals surface area contributed by atoms with Crippen LogP contribution in [0.15, 0.2) is 48.5 Å². The second-order valence-electron chi connectivity index (χ2n) is 5.74. The zero-order chi connectivity index (χ0) is 16.5. The van der Waals surface area contributed by atoms with Crippen molar-refractivity contribution in [3.63, 3.8) is 0 Å². The monoisotopic (exact) mass is 320 g/mol. The number of hydrogen-bond donors (Lipinski definition) is 2. The molecule has 0 spiro atoms. The maximum Gasteiger partial charge on any atom is 0.276 e. The molecule has 1 fully saturated rings. The van der Waals surface area contributed by atoms with Crippen molar-refractivity contribution in [1.29, 1.82) is 0 Å². The van der Waals surface area contributed by atoms with Crippen LogP contribution in [-0.2, 0) is 4.79 Å². The predicted octanol–water partition coefficient (Wildman–Crippen LogP) is 2.94. The van der Waals surface area contributed by atoms with Gasteiger partial charge in [0.1, 0.15) is 0 Å². The molecule has 2 aromatic carbocycles. The minimum Gasteiger partial charge on any atom is -0.319 e. The van der Waals surface area contributed by atoms with Gasteiger partial charge in [0.25, 0.3) is 5.91 Å². The number of amides is 2. The molecule has 6 heteroatoms. The molecule has 3 aromatic rings. The fourth-order valence-corrected chi connectivity index (χ4v) is 3.04. The zero-order valence-corrected chi connectivity index (χ0v) is 13.0. The van der Waals surface area contributed by atoms with Crippen molar-refractivity contribution in [3.05, 3.63) is 54.2 Å².